The number of nitriles is 1. The van der Waals surface area contributed by atoms with Gasteiger partial charge in [0.25, 0.3) is 0 Å². The summed E-state index contributed by atoms with van der Waals surface area (Å²) in [6.45, 7) is 8.76. The highest BCUT2D eigenvalue weighted by molar-refractivity contribution is 6.01. The Bertz CT molecular complexity index is 1180. The molecule has 12 nitrogen and oxygen atoms in total. The molecule has 3 heterocycles. The summed E-state index contributed by atoms with van der Waals surface area (Å²) in [5, 5.41) is 21.3. The summed E-state index contributed by atoms with van der Waals surface area (Å²) in [4.78, 5) is 46.2. The predicted octanol–water partition coefficient (Wildman–Crippen LogP) is 3.87. The summed E-state index contributed by atoms with van der Waals surface area (Å²) < 4.78 is 5.03. The Labute approximate surface area is 243 Å². The number of pyridine rings is 2. The lowest BCUT2D eigenvalue weighted by Crippen LogP contribution is -2.40. The number of hydrogen-bond acceptors (Lipinski definition) is 9. The highest BCUT2D eigenvalue weighted by Crippen LogP contribution is 2.28. The molecule has 12 heteroatoms. The van der Waals surface area contributed by atoms with E-state index in [1.54, 1.807) is 13.2 Å². The number of fused-ring (bicyclic) bond motifs is 1. The van der Waals surface area contributed by atoms with E-state index < -0.39 is 6.03 Å². The number of anilines is 3. The molecule has 0 bridgehead atoms. The van der Waals surface area contributed by atoms with Gasteiger partial charge < -0.3 is 20.7 Å². The molecule has 1 aliphatic heterocycles. The van der Waals surface area contributed by atoms with Gasteiger partial charge in [-0.3, -0.25) is 19.8 Å². The van der Waals surface area contributed by atoms with E-state index in [9.17, 15) is 19.6 Å². The van der Waals surface area contributed by atoms with E-state index in [1.807, 2.05) is 19.9 Å². The van der Waals surface area contributed by atoms with Crippen LogP contribution in [0.25, 0.3) is 0 Å². The first-order valence-corrected chi connectivity index (χ1v) is 13.6. The fourth-order valence-electron chi connectivity index (χ4n) is 4.09. The molecule has 0 atom stereocenters. The van der Waals surface area contributed by atoms with Crippen molar-refractivity contribution in [3.05, 3.63) is 40.7 Å². The number of aromatic nitrogens is 2. The molecule has 0 unspecified atom stereocenters. The largest absolute Gasteiger partial charge is 0.383 e. The first-order valence-electron chi connectivity index (χ1n) is 13.6. The molecule has 0 aromatic carbocycles. The molecule has 4 N–H and O–H groups in total. The zero-order valence-corrected chi connectivity index (χ0v) is 23.8. The average molecular weight is 569 g/mol. The molecule has 0 saturated carbocycles. The Kier molecular flexibility index (Phi) is 16.3. The topological polar surface area (TPSA) is 161 Å². The van der Waals surface area contributed by atoms with Crippen LogP contribution >= 0.6 is 0 Å². The predicted molar refractivity (Wildman–Crippen MR) is 161 cm³/mol. The van der Waals surface area contributed by atoms with Crippen molar-refractivity contribution in [1.82, 2.24) is 20.6 Å². The van der Waals surface area contributed by atoms with E-state index in [1.165, 1.54) is 18.0 Å². The molecule has 3 rings (SSSR count). The van der Waals surface area contributed by atoms with Crippen LogP contribution in [0.15, 0.2) is 18.3 Å². The van der Waals surface area contributed by atoms with E-state index in [0.717, 1.165) is 43.4 Å². The van der Waals surface area contributed by atoms with Gasteiger partial charge in [-0.25, -0.2) is 14.8 Å². The van der Waals surface area contributed by atoms with Crippen LogP contribution in [-0.2, 0) is 22.5 Å². The Morgan fingerprint density at radius 2 is 1.95 bits per heavy atom. The molecule has 0 radical (unpaired) electrons. The molecule has 1 aliphatic rings. The van der Waals surface area contributed by atoms with Crippen molar-refractivity contribution in [3.63, 3.8) is 0 Å². The molecule has 0 spiro atoms. The van der Waals surface area contributed by atoms with Crippen molar-refractivity contribution in [2.45, 2.75) is 60.4 Å². The van der Waals surface area contributed by atoms with Gasteiger partial charge in [-0.15, -0.1) is 0 Å². The number of methoxy groups -OCH3 is 1. The number of aryl methyl sites for hydroxylation is 1. The van der Waals surface area contributed by atoms with Crippen LogP contribution in [0.3, 0.4) is 0 Å². The minimum Gasteiger partial charge on any atom is -0.383 e. The van der Waals surface area contributed by atoms with Gasteiger partial charge in [0.1, 0.15) is 23.4 Å². The third kappa shape index (κ3) is 10.8. The third-order valence-corrected chi connectivity index (χ3v) is 5.98. The minimum atomic E-state index is -0.416. The van der Waals surface area contributed by atoms with Gasteiger partial charge in [0, 0.05) is 52.5 Å². The number of urea groups is 1. The summed E-state index contributed by atoms with van der Waals surface area (Å²) in [6, 6.07) is 5.20. The number of nitrogens with one attached hydrogen (secondary N) is 4. The summed E-state index contributed by atoms with van der Waals surface area (Å²) in [5.74, 6) is 0.710. The van der Waals surface area contributed by atoms with Crippen LogP contribution in [0, 0.1) is 11.3 Å². The van der Waals surface area contributed by atoms with Crippen LogP contribution in [0.5, 0.6) is 0 Å². The van der Waals surface area contributed by atoms with Crippen molar-refractivity contribution >= 4 is 35.5 Å². The Morgan fingerprint density at radius 1 is 1.20 bits per heavy atom. The van der Waals surface area contributed by atoms with Gasteiger partial charge in [-0.2, -0.15) is 5.26 Å². The average Bonchev–Trinajstić information content (AvgIpc) is 2.97. The summed E-state index contributed by atoms with van der Waals surface area (Å²) in [6.07, 6.45) is 5.35. The molecule has 2 aromatic heterocycles. The van der Waals surface area contributed by atoms with Crippen LogP contribution < -0.4 is 26.2 Å². The number of rotatable bonds is 13. The van der Waals surface area contributed by atoms with E-state index in [4.69, 9.17) is 4.74 Å². The second-order valence-electron chi connectivity index (χ2n) is 8.83. The SMILES string of the molecule is C.CC.COCCNc1cc(NC(=O)N2CCCc3cc(CNCCCCNC(C)=O)c(C=O)nc32)ncc1C#N. The number of aldehydes is 1. The molecule has 224 valence electrons. The maximum Gasteiger partial charge on any atom is 0.328 e. The van der Waals surface area contributed by atoms with Gasteiger partial charge in [-0.1, -0.05) is 21.3 Å². The highest BCUT2D eigenvalue weighted by atomic mass is 16.5. The lowest BCUT2D eigenvalue weighted by Gasteiger charge is -2.29. The Balaban J connectivity index is 0.00000274. The number of hydrogen-bond donors (Lipinski definition) is 4. The molecule has 41 heavy (non-hydrogen) atoms. The maximum atomic E-state index is 13.2. The molecule has 0 fully saturated rings. The fraction of sp³-hybridized carbons (Fsp3) is 0.517. The van der Waals surface area contributed by atoms with Crippen molar-refractivity contribution in [2.75, 3.05) is 55.4 Å². The molecule has 2 aromatic rings. The summed E-state index contributed by atoms with van der Waals surface area (Å²) in [7, 11) is 1.59. The Morgan fingerprint density at radius 3 is 2.63 bits per heavy atom. The lowest BCUT2D eigenvalue weighted by molar-refractivity contribution is -0.118. The first kappa shape index (κ1) is 34.9. The standard InChI is InChI=1S/C26H34N8O4.C2H6.CH4/c1-18(36)29-8-4-3-7-28-15-20-12-19-6-5-10-34(25(19)32-23(20)17-35)26(37)33-24-13-22(30-9-11-38-2)21(14-27)16-31-24;1-2;/h12-13,16-17,28H,3-11,15H2,1-2H3,(H,29,36)(H2,30,31,33,37);1-2H3;1H4. The van der Waals surface area contributed by atoms with Gasteiger partial charge in [0.2, 0.25) is 5.91 Å². The minimum absolute atomic E-state index is 0. The Hall–Kier alpha value is -4.08. The molecule has 0 saturated heterocycles. The van der Waals surface area contributed by atoms with Gasteiger partial charge >= 0.3 is 6.03 Å². The number of carbonyl (C=O) groups is 3. The van der Waals surface area contributed by atoms with Crippen LogP contribution in [0.2, 0.25) is 0 Å². The van der Waals surface area contributed by atoms with E-state index in [2.05, 4.69) is 37.3 Å². The number of nitrogens with zero attached hydrogens (tertiary/aromatic N) is 4. The monoisotopic (exact) mass is 568 g/mol. The molecular weight excluding hydrogens is 524 g/mol. The number of ether oxygens (including phenoxy) is 1. The van der Waals surface area contributed by atoms with Crippen LogP contribution in [0.4, 0.5) is 22.1 Å². The lowest BCUT2D eigenvalue weighted by atomic mass is 10.0. The summed E-state index contributed by atoms with van der Waals surface area (Å²) >= 11 is 0. The smallest absolute Gasteiger partial charge is 0.328 e. The normalized spacial score (nSPS) is 11.5. The summed E-state index contributed by atoms with van der Waals surface area (Å²) in [5.41, 5.74) is 2.86. The fourth-order valence-corrected chi connectivity index (χ4v) is 4.09. The van der Waals surface area contributed by atoms with E-state index in [-0.39, 0.29) is 24.8 Å². The van der Waals surface area contributed by atoms with Crippen molar-refractivity contribution in [1.29, 1.82) is 5.26 Å². The number of amides is 3. The zero-order chi connectivity index (χ0) is 29.3. The molecule has 0 aliphatic carbocycles. The van der Waals surface area contributed by atoms with Crippen LogP contribution in [0.1, 0.15) is 74.6 Å². The second-order valence-corrected chi connectivity index (χ2v) is 8.83. The highest BCUT2D eigenvalue weighted by Gasteiger charge is 2.26. The van der Waals surface area contributed by atoms with Crippen molar-refractivity contribution in [3.8, 4) is 6.07 Å². The number of unbranched alkanes of at least 4 members (excludes halogenated alkanes) is 1. The first-order chi connectivity index (χ1) is 19.5. The van der Waals surface area contributed by atoms with E-state index >= 15 is 0 Å². The quantitative estimate of drug-likeness (QED) is 0.208. The number of carbonyl (C=O) groups excluding carboxylic acids is 3. The van der Waals surface area contributed by atoms with Gasteiger partial charge in [-0.05, 0) is 49.4 Å². The molecular formula is C29H44N8O4. The van der Waals surface area contributed by atoms with Gasteiger partial charge in [0.05, 0.1) is 17.9 Å². The van der Waals surface area contributed by atoms with Gasteiger partial charge in [0.15, 0.2) is 6.29 Å². The van der Waals surface area contributed by atoms with Crippen LogP contribution in [-0.4, -0.2) is 68.1 Å². The maximum absolute atomic E-state index is 13.2. The van der Waals surface area contributed by atoms with Crippen molar-refractivity contribution in [2.24, 2.45) is 0 Å². The third-order valence-electron chi connectivity index (χ3n) is 5.98. The van der Waals surface area contributed by atoms with E-state index in [0.29, 0.717) is 56.1 Å². The molecule has 3 amide bonds. The zero-order valence-electron chi connectivity index (χ0n) is 23.8. The second kappa shape index (κ2) is 19.1. The van der Waals surface area contributed by atoms with Crippen molar-refractivity contribution < 1.29 is 19.1 Å².